The molecule has 3 nitrogen and oxygen atoms in total. The third-order valence-electron chi connectivity index (χ3n) is 4.81. The van der Waals surface area contributed by atoms with Crippen molar-refractivity contribution in [2.45, 2.75) is 51.1 Å². The number of hydrogen-bond acceptors (Lipinski definition) is 2. The quantitative estimate of drug-likeness (QED) is 0.838. The van der Waals surface area contributed by atoms with Gasteiger partial charge in [0.15, 0.2) is 0 Å². The smallest absolute Gasteiger partial charge is 0.356 e. The fourth-order valence-corrected chi connectivity index (χ4v) is 3.40. The van der Waals surface area contributed by atoms with E-state index in [-0.39, 0.29) is 24.7 Å². The molecule has 0 bridgehead atoms. The summed E-state index contributed by atoms with van der Waals surface area (Å²) in [5.41, 5.74) is 0. The van der Waals surface area contributed by atoms with Gasteiger partial charge in [0, 0.05) is 12.5 Å². The van der Waals surface area contributed by atoms with Gasteiger partial charge in [0.25, 0.3) is 0 Å². The molecule has 0 spiro atoms. The van der Waals surface area contributed by atoms with Gasteiger partial charge in [-0.2, -0.15) is 13.2 Å². The Bertz CT molecular complexity index is 332. The van der Waals surface area contributed by atoms with Gasteiger partial charge in [-0.05, 0) is 64.0 Å². The number of carbonyl (C=O) groups is 1. The van der Waals surface area contributed by atoms with Gasteiger partial charge in [0.05, 0.1) is 5.92 Å². The van der Waals surface area contributed by atoms with Crippen molar-refractivity contribution in [3.63, 3.8) is 0 Å². The number of nitrogens with one attached hydrogen (secondary N) is 2. The Kier molecular flexibility index (Phi) is 5.90. The van der Waals surface area contributed by atoms with Crippen LogP contribution in [0.1, 0.15) is 44.9 Å². The van der Waals surface area contributed by atoms with Gasteiger partial charge >= 0.3 is 6.18 Å². The van der Waals surface area contributed by atoms with Crippen LogP contribution in [0.25, 0.3) is 0 Å². The number of hydrogen-bond donors (Lipinski definition) is 2. The highest BCUT2D eigenvalue weighted by atomic mass is 19.4. The van der Waals surface area contributed by atoms with E-state index in [1.165, 1.54) is 12.8 Å². The third-order valence-corrected chi connectivity index (χ3v) is 4.81. The second kappa shape index (κ2) is 7.47. The number of halogens is 3. The van der Waals surface area contributed by atoms with E-state index >= 15 is 0 Å². The van der Waals surface area contributed by atoms with E-state index in [0.29, 0.717) is 25.3 Å². The SMILES string of the molecule is O=C(NCCC1CCCNC1)C1CCC(C(F)(F)F)CC1. The number of alkyl halides is 3. The molecule has 0 aromatic heterocycles. The lowest BCUT2D eigenvalue weighted by molar-refractivity contribution is -0.184. The molecule has 1 saturated heterocycles. The highest BCUT2D eigenvalue weighted by Crippen LogP contribution is 2.39. The molecule has 6 heteroatoms. The minimum absolute atomic E-state index is 0.0561. The molecule has 1 aliphatic carbocycles. The van der Waals surface area contributed by atoms with Crippen LogP contribution in [0.5, 0.6) is 0 Å². The van der Waals surface area contributed by atoms with Crippen molar-refractivity contribution in [1.82, 2.24) is 10.6 Å². The van der Waals surface area contributed by atoms with Crippen molar-refractivity contribution in [3.05, 3.63) is 0 Å². The van der Waals surface area contributed by atoms with E-state index < -0.39 is 12.1 Å². The highest BCUT2D eigenvalue weighted by Gasteiger charge is 2.42. The fourth-order valence-electron chi connectivity index (χ4n) is 3.40. The van der Waals surface area contributed by atoms with E-state index in [9.17, 15) is 18.0 Å². The van der Waals surface area contributed by atoms with Crippen LogP contribution < -0.4 is 10.6 Å². The van der Waals surface area contributed by atoms with Gasteiger partial charge in [-0.25, -0.2) is 0 Å². The number of piperidine rings is 1. The molecular formula is C15H25F3N2O. The topological polar surface area (TPSA) is 41.1 Å². The molecule has 2 fully saturated rings. The Hall–Kier alpha value is -0.780. The molecule has 2 aliphatic rings. The normalized spacial score (nSPS) is 30.9. The summed E-state index contributed by atoms with van der Waals surface area (Å²) in [5, 5.41) is 6.24. The molecule has 1 aliphatic heterocycles. The molecule has 1 atom stereocenters. The molecule has 122 valence electrons. The van der Waals surface area contributed by atoms with E-state index in [2.05, 4.69) is 10.6 Å². The first kappa shape index (κ1) is 16.6. The largest absolute Gasteiger partial charge is 0.391 e. The van der Waals surface area contributed by atoms with Gasteiger partial charge in [-0.1, -0.05) is 0 Å². The Morgan fingerprint density at radius 1 is 1.14 bits per heavy atom. The Balaban J connectivity index is 1.63. The van der Waals surface area contributed by atoms with Crippen molar-refractivity contribution < 1.29 is 18.0 Å². The van der Waals surface area contributed by atoms with Gasteiger partial charge < -0.3 is 10.6 Å². The van der Waals surface area contributed by atoms with Gasteiger partial charge in [-0.15, -0.1) is 0 Å². The summed E-state index contributed by atoms with van der Waals surface area (Å²) in [6.07, 6.45) is 0.135. The maximum Gasteiger partial charge on any atom is 0.391 e. The summed E-state index contributed by atoms with van der Waals surface area (Å²) in [4.78, 5) is 12.0. The third kappa shape index (κ3) is 5.16. The summed E-state index contributed by atoms with van der Waals surface area (Å²) in [5.74, 6) is -0.887. The maximum absolute atomic E-state index is 12.6. The number of amides is 1. The fraction of sp³-hybridized carbons (Fsp3) is 0.933. The monoisotopic (exact) mass is 306 g/mol. The first-order valence-electron chi connectivity index (χ1n) is 8.02. The lowest BCUT2D eigenvalue weighted by Gasteiger charge is -2.29. The summed E-state index contributed by atoms with van der Waals surface area (Å²) in [6, 6.07) is 0. The van der Waals surface area contributed by atoms with Crippen LogP contribution in [0.15, 0.2) is 0 Å². The molecule has 0 aromatic carbocycles. The molecule has 21 heavy (non-hydrogen) atoms. The number of carbonyl (C=O) groups excluding carboxylic acids is 1. The van der Waals surface area contributed by atoms with Crippen molar-refractivity contribution in [2.24, 2.45) is 17.8 Å². The molecule has 1 unspecified atom stereocenters. The summed E-state index contributed by atoms with van der Waals surface area (Å²) >= 11 is 0. The number of rotatable bonds is 4. The predicted molar refractivity (Wildman–Crippen MR) is 74.7 cm³/mol. The van der Waals surface area contributed by atoms with Crippen LogP contribution in [-0.4, -0.2) is 31.7 Å². The zero-order valence-corrected chi connectivity index (χ0v) is 12.3. The van der Waals surface area contributed by atoms with Gasteiger partial charge in [-0.3, -0.25) is 4.79 Å². The Morgan fingerprint density at radius 2 is 1.86 bits per heavy atom. The van der Waals surface area contributed by atoms with E-state index in [1.807, 2.05) is 0 Å². The summed E-state index contributed by atoms with van der Waals surface area (Å²) < 4.78 is 37.7. The minimum Gasteiger partial charge on any atom is -0.356 e. The summed E-state index contributed by atoms with van der Waals surface area (Å²) in [7, 11) is 0. The van der Waals surface area contributed by atoms with E-state index in [4.69, 9.17) is 0 Å². The second-order valence-electron chi connectivity index (χ2n) is 6.38. The van der Waals surface area contributed by atoms with Crippen LogP contribution in [-0.2, 0) is 4.79 Å². The predicted octanol–water partition coefficient (Wildman–Crippen LogP) is 2.86. The van der Waals surface area contributed by atoms with Gasteiger partial charge in [0.2, 0.25) is 5.91 Å². The lowest BCUT2D eigenvalue weighted by Crippen LogP contribution is -2.38. The standard InChI is InChI=1S/C15H25F3N2O/c16-15(17,18)13-5-3-12(4-6-13)14(21)20-9-7-11-2-1-8-19-10-11/h11-13,19H,1-10H2,(H,20,21). The van der Waals surface area contributed by atoms with Crippen LogP contribution in [0, 0.1) is 17.8 Å². The highest BCUT2D eigenvalue weighted by molar-refractivity contribution is 5.78. The minimum atomic E-state index is -4.10. The summed E-state index contributed by atoms with van der Waals surface area (Å²) in [6.45, 7) is 2.72. The maximum atomic E-state index is 12.6. The molecule has 2 N–H and O–H groups in total. The van der Waals surface area contributed by atoms with Crippen molar-refractivity contribution in [2.75, 3.05) is 19.6 Å². The molecule has 2 rings (SSSR count). The van der Waals surface area contributed by atoms with Crippen LogP contribution in [0.4, 0.5) is 13.2 Å². The molecule has 1 saturated carbocycles. The van der Waals surface area contributed by atoms with Gasteiger partial charge in [0.1, 0.15) is 0 Å². The molecule has 0 aromatic rings. The van der Waals surface area contributed by atoms with E-state index in [0.717, 1.165) is 19.5 Å². The Labute approximate surface area is 124 Å². The molecule has 0 radical (unpaired) electrons. The van der Waals surface area contributed by atoms with Crippen molar-refractivity contribution in [3.8, 4) is 0 Å². The van der Waals surface area contributed by atoms with Crippen LogP contribution in [0.3, 0.4) is 0 Å². The zero-order valence-electron chi connectivity index (χ0n) is 12.3. The average Bonchev–Trinajstić information content (AvgIpc) is 2.47. The van der Waals surface area contributed by atoms with Crippen molar-refractivity contribution in [1.29, 1.82) is 0 Å². The lowest BCUT2D eigenvalue weighted by atomic mass is 9.81. The first-order valence-corrected chi connectivity index (χ1v) is 8.02. The Morgan fingerprint density at radius 3 is 2.43 bits per heavy atom. The average molecular weight is 306 g/mol. The molecular weight excluding hydrogens is 281 g/mol. The first-order chi connectivity index (χ1) is 9.97. The molecule has 1 amide bonds. The second-order valence-corrected chi connectivity index (χ2v) is 6.38. The van der Waals surface area contributed by atoms with E-state index in [1.54, 1.807) is 0 Å². The zero-order chi connectivity index (χ0) is 15.3. The van der Waals surface area contributed by atoms with Crippen molar-refractivity contribution >= 4 is 5.91 Å². The van der Waals surface area contributed by atoms with Crippen LogP contribution >= 0.6 is 0 Å². The molecule has 1 heterocycles. The van der Waals surface area contributed by atoms with Crippen LogP contribution in [0.2, 0.25) is 0 Å².